The molecule has 0 N–H and O–H groups in total. The second-order valence-corrected chi connectivity index (χ2v) is 4.58. The summed E-state index contributed by atoms with van der Waals surface area (Å²) in [5, 5.41) is 0. The van der Waals surface area contributed by atoms with Crippen molar-refractivity contribution in [2.75, 3.05) is 0 Å². The third-order valence-electron chi connectivity index (χ3n) is 3.09. The predicted octanol–water partition coefficient (Wildman–Crippen LogP) is 5.17. The average molecular weight is 307 g/mol. The summed E-state index contributed by atoms with van der Waals surface area (Å²) in [5.41, 5.74) is 0.472. The van der Waals surface area contributed by atoms with Crippen LogP contribution in [0.3, 0.4) is 0 Å². The summed E-state index contributed by atoms with van der Waals surface area (Å²) in [6.45, 7) is 0. The molecular weight excluding hydrogens is 298 g/mol. The molecule has 6 heteroatoms. The predicted molar refractivity (Wildman–Crippen MR) is 72.3 cm³/mol. The van der Waals surface area contributed by atoms with Crippen molar-refractivity contribution in [1.82, 2.24) is 4.98 Å². The molecule has 0 amide bonds. The highest BCUT2D eigenvalue weighted by Crippen LogP contribution is 2.33. The summed E-state index contributed by atoms with van der Waals surface area (Å²) in [6.07, 6.45) is -4.88. The first kappa shape index (κ1) is 14.3. The Morgan fingerprint density at radius 3 is 1.86 bits per heavy atom. The number of hydrogen-bond acceptors (Lipinski definition) is 2. The molecule has 112 valence electrons. The Morgan fingerprint density at radius 1 is 0.773 bits per heavy atom. The van der Waals surface area contributed by atoms with Crippen molar-refractivity contribution in [3.8, 4) is 22.6 Å². The van der Waals surface area contributed by atoms with Gasteiger partial charge in [0.1, 0.15) is 0 Å². The molecule has 2 aromatic carbocycles. The molecule has 0 spiro atoms. The standard InChI is InChI=1S/C16H9F4NO/c17-14-13(16(18,19)20)21-15(22-14)12-8-6-11(7-9-12)10-4-2-1-3-5-10/h1-9H. The molecule has 0 fully saturated rings. The molecule has 0 aliphatic heterocycles. The Bertz CT molecular complexity index is 776. The van der Waals surface area contributed by atoms with Gasteiger partial charge in [0, 0.05) is 5.56 Å². The largest absolute Gasteiger partial charge is 0.439 e. The smallest absolute Gasteiger partial charge is 0.410 e. The van der Waals surface area contributed by atoms with Crippen molar-refractivity contribution in [3.63, 3.8) is 0 Å². The maximum Gasteiger partial charge on any atom is 0.439 e. The van der Waals surface area contributed by atoms with Crippen LogP contribution in [0, 0.1) is 6.01 Å². The van der Waals surface area contributed by atoms with Crippen LogP contribution in [0.25, 0.3) is 22.6 Å². The third-order valence-corrected chi connectivity index (χ3v) is 3.09. The van der Waals surface area contributed by atoms with E-state index in [-0.39, 0.29) is 5.56 Å². The lowest BCUT2D eigenvalue weighted by Crippen LogP contribution is -2.07. The minimum Gasteiger partial charge on any atom is -0.410 e. The molecule has 2 nitrogen and oxygen atoms in total. The highest BCUT2D eigenvalue weighted by Gasteiger charge is 2.39. The van der Waals surface area contributed by atoms with Crippen LogP contribution in [-0.2, 0) is 6.18 Å². The van der Waals surface area contributed by atoms with Gasteiger partial charge in [-0.2, -0.15) is 17.6 Å². The van der Waals surface area contributed by atoms with Crippen molar-refractivity contribution in [1.29, 1.82) is 0 Å². The number of oxazole rings is 1. The van der Waals surface area contributed by atoms with Crippen LogP contribution in [0.5, 0.6) is 0 Å². The van der Waals surface area contributed by atoms with E-state index in [1.807, 2.05) is 30.3 Å². The highest BCUT2D eigenvalue weighted by molar-refractivity contribution is 5.67. The SMILES string of the molecule is Fc1oc(-c2ccc(-c3ccccc3)cc2)nc1C(F)(F)F. The fraction of sp³-hybridized carbons (Fsp3) is 0.0625. The average Bonchev–Trinajstić information content (AvgIpc) is 2.90. The molecular formula is C16H9F4NO. The molecule has 0 atom stereocenters. The fourth-order valence-electron chi connectivity index (χ4n) is 2.04. The summed E-state index contributed by atoms with van der Waals surface area (Å²) in [6, 6.07) is 14.2. The summed E-state index contributed by atoms with van der Waals surface area (Å²) < 4.78 is 55.2. The second-order valence-electron chi connectivity index (χ2n) is 4.58. The Balaban J connectivity index is 1.94. The topological polar surface area (TPSA) is 26.0 Å². The first-order valence-electron chi connectivity index (χ1n) is 6.34. The lowest BCUT2D eigenvalue weighted by Gasteiger charge is -2.02. The monoisotopic (exact) mass is 307 g/mol. The molecule has 0 saturated carbocycles. The summed E-state index contributed by atoms with van der Waals surface area (Å²) in [7, 11) is 0. The van der Waals surface area contributed by atoms with Crippen LogP contribution in [0.2, 0.25) is 0 Å². The van der Waals surface area contributed by atoms with Crippen LogP contribution in [-0.4, -0.2) is 4.98 Å². The number of hydrogen-bond donors (Lipinski definition) is 0. The molecule has 1 aromatic heterocycles. The van der Waals surface area contributed by atoms with Crippen molar-refractivity contribution in [2.45, 2.75) is 6.18 Å². The number of rotatable bonds is 2. The second kappa shape index (κ2) is 5.29. The van der Waals surface area contributed by atoms with Gasteiger partial charge in [0.15, 0.2) is 0 Å². The van der Waals surface area contributed by atoms with E-state index in [4.69, 9.17) is 0 Å². The van der Waals surface area contributed by atoms with Gasteiger partial charge in [-0.15, -0.1) is 0 Å². The van der Waals surface area contributed by atoms with E-state index < -0.39 is 23.8 Å². The zero-order chi connectivity index (χ0) is 15.7. The molecule has 22 heavy (non-hydrogen) atoms. The zero-order valence-electron chi connectivity index (χ0n) is 11.1. The van der Waals surface area contributed by atoms with Gasteiger partial charge < -0.3 is 4.42 Å². The van der Waals surface area contributed by atoms with E-state index >= 15 is 0 Å². The van der Waals surface area contributed by atoms with Crippen molar-refractivity contribution in [2.24, 2.45) is 0 Å². The molecule has 0 saturated heterocycles. The highest BCUT2D eigenvalue weighted by atomic mass is 19.4. The molecule has 3 aromatic rings. The number of aromatic nitrogens is 1. The molecule has 0 radical (unpaired) electrons. The first-order valence-corrected chi connectivity index (χ1v) is 6.34. The third kappa shape index (κ3) is 2.72. The summed E-state index contributed by atoms with van der Waals surface area (Å²) in [5.74, 6) is -0.399. The number of alkyl halides is 3. The number of nitrogens with zero attached hydrogens (tertiary/aromatic N) is 1. The van der Waals surface area contributed by atoms with Crippen molar-refractivity contribution < 1.29 is 22.0 Å². The van der Waals surface area contributed by atoms with Gasteiger partial charge >= 0.3 is 12.2 Å². The molecule has 0 unspecified atom stereocenters. The van der Waals surface area contributed by atoms with Gasteiger partial charge in [-0.1, -0.05) is 42.5 Å². The van der Waals surface area contributed by atoms with E-state index in [0.717, 1.165) is 11.1 Å². The maximum atomic E-state index is 13.2. The Morgan fingerprint density at radius 2 is 1.32 bits per heavy atom. The molecule has 0 bridgehead atoms. The first-order chi connectivity index (χ1) is 10.4. The molecule has 3 rings (SSSR count). The Kier molecular flexibility index (Phi) is 3.44. The fourth-order valence-corrected chi connectivity index (χ4v) is 2.04. The van der Waals surface area contributed by atoms with E-state index in [1.165, 1.54) is 12.1 Å². The molecule has 0 aliphatic carbocycles. The summed E-state index contributed by atoms with van der Waals surface area (Å²) >= 11 is 0. The lowest BCUT2D eigenvalue weighted by atomic mass is 10.0. The summed E-state index contributed by atoms with van der Waals surface area (Å²) in [4.78, 5) is 3.19. The van der Waals surface area contributed by atoms with Crippen molar-refractivity contribution >= 4 is 0 Å². The van der Waals surface area contributed by atoms with Crippen LogP contribution < -0.4 is 0 Å². The van der Waals surface area contributed by atoms with Crippen molar-refractivity contribution in [3.05, 3.63) is 66.3 Å². The Hall–Kier alpha value is -2.63. The van der Waals surface area contributed by atoms with E-state index in [0.29, 0.717) is 0 Å². The van der Waals surface area contributed by atoms with E-state index in [2.05, 4.69) is 9.40 Å². The maximum absolute atomic E-state index is 13.2. The normalized spacial score (nSPS) is 11.6. The van der Waals surface area contributed by atoms with Gasteiger partial charge in [-0.05, 0) is 23.3 Å². The van der Waals surface area contributed by atoms with Gasteiger partial charge in [0.25, 0.3) is 0 Å². The van der Waals surface area contributed by atoms with Gasteiger partial charge in [-0.25, -0.2) is 4.98 Å². The number of halogens is 4. The quantitative estimate of drug-likeness (QED) is 0.611. The zero-order valence-corrected chi connectivity index (χ0v) is 11.1. The minimum atomic E-state index is -4.88. The van der Waals surface area contributed by atoms with E-state index in [9.17, 15) is 17.6 Å². The van der Waals surface area contributed by atoms with Gasteiger partial charge in [0.05, 0.1) is 0 Å². The van der Waals surface area contributed by atoms with Crippen LogP contribution in [0.4, 0.5) is 17.6 Å². The molecule has 1 heterocycles. The number of benzene rings is 2. The molecule has 0 aliphatic rings. The van der Waals surface area contributed by atoms with Crippen LogP contribution in [0.15, 0.2) is 59.0 Å². The Labute approximate surface area is 123 Å². The lowest BCUT2D eigenvalue weighted by molar-refractivity contribution is -0.144. The van der Waals surface area contributed by atoms with Gasteiger partial charge in [-0.3, -0.25) is 0 Å². The van der Waals surface area contributed by atoms with E-state index in [1.54, 1.807) is 12.1 Å². The van der Waals surface area contributed by atoms with Crippen LogP contribution in [0.1, 0.15) is 5.69 Å². The minimum absolute atomic E-state index is 0.272. The van der Waals surface area contributed by atoms with Gasteiger partial charge in [0.2, 0.25) is 11.6 Å². The van der Waals surface area contributed by atoms with Crippen LogP contribution >= 0.6 is 0 Å².